The van der Waals surface area contributed by atoms with Crippen LogP contribution in [0.2, 0.25) is 0 Å². The van der Waals surface area contributed by atoms with Crippen LogP contribution in [0.5, 0.6) is 0 Å². The molecule has 2 unspecified atom stereocenters. The molecule has 1 aliphatic carbocycles. The molecule has 5 nitrogen and oxygen atoms in total. The van der Waals surface area contributed by atoms with Gasteiger partial charge in [-0.2, -0.15) is 5.10 Å². The summed E-state index contributed by atoms with van der Waals surface area (Å²) in [7, 11) is 1.78. The van der Waals surface area contributed by atoms with Crippen molar-refractivity contribution in [1.29, 1.82) is 0 Å². The topological polar surface area (TPSA) is 67.2 Å². The van der Waals surface area contributed by atoms with Gasteiger partial charge in [0.25, 0.3) is 0 Å². The van der Waals surface area contributed by atoms with Gasteiger partial charge in [-0.25, -0.2) is 4.79 Å². The zero-order valence-corrected chi connectivity index (χ0v) is 10.3. The lowest BCUT2D eigenvalue weighted by Gasteiger charge is -2.17. The molecule has 0 bridgehead atoms. The van der Waals surface area contributed by atoms with Gasteiger partial charge < -0.3 is 10.4 Å². The predicted octanol–water partition coefficient (Wildman–Crippen LogP) is 1.40. The maximum absolute atomic E-state index is 11.0. The minimum Gasteiger partial charge on any atom is -0.478 e. The van der Waals surface area contributed by atoms with Crippen LogP contribution in [0.15, 0.2) is 6.20 Å². The Kier molecular flexibility index (Phi) is 3.47. The van der Waals surface area contributed by atoms with E-state index in [-0.39, 0.29) is 0 Å². The fourth-order valence-corrected chi connectivity index (χ4v) is 2.53. The Morgan fingerprint density at radius 2 is 2.41 bits per heavy atom. The highest BCUT2D eigenvalue weighted by atomic mass is 16.4. The van der Waals surface area contributed by atoms with Gasteiger partial charge in [0.2, 0.25) is 0 Å². The zero-order chi connectivity index (χ0) is 12.4. The van der Waals surface area contributed by atoms with Crippen LogP contribution >= 0.6 is 0 Å². The fourth-order valence-electron chi connectivity index (χ4n) is 2.53. The summed E-state index contributed by atoms with van der Waals surface area (Å²) in [6.07, 6.45) is 5.11. The van der Waals surface area contributed by atoms with E-state index in [1.165, 1.54) is 25.5 Å². The maximum atomic E-state index is 11.0. The second-order valence-corrected chi connectivity index (χ2v) is 4.83. The number of hydrogen-bond donors (Lipinski definition) is 2. The molecular formula is C12H19N3O2. The number of nitrogens with one attached hydrogen (secondary N) is 1. The lowest BCUT2D eigenvalue weighted by Crippen LogP contribution is -2.31. The molecule has 1 aromatic heterocycles. The summed E-state index contributed by atoms with van der Waals surface area (Å²) in [5.74, 6) is -0.231. The number of aromatic nitrogens is 2. The van der Waals surface area contributed by atoms with Crippen LogP contribution in [-0.4, -0.2) is 26.9 Å². The molecule has 1 aliphatic rings. The number of aryl methyl sites for hydroxylation is 1. The average Bonchev–Trinajstić information content (AvgIpc) is 2.82. The minimum atomic E-state index is -0.908. The number of aromatic carboxylic acids is 1. The molecule has 0 aromatic carbocycles. The van der Waals surface area contributed by atoms with Gasteiger partial charge in [-0.3, -0.25) is 4.68 Å². The molecule has 0 aliphatic heterocycles. The molecular weight excluding hydrogens is 218 g/mol. The Labute approximate surface area is 101 Å². The summed E-state index contributed by atoms with van der Waals surface area (Å²) in [5, 5.41) is 16.5. The summed E-state index contributed by atoms with van der Waals surface area (Å²) in [6, 6.07) is 0.506. The molecule has 0 amide bonds. The van der Waals surface area contributed by atoms with Crippen molar-refractivity contribution in [3.05, 3.63) is 17.5 Å². The molecule has 1 heterocycles. The zero-order valence-electron chi connectivity index (χ0n) is 10.3. The molecule has 94 valence electrons. The van der Waals surface area contributed by atoms with Crippen LogP contribution in [0.25, 0.3) is 0 Å². The van der Waals surface area contributed by atoms with E-state index in [4.69, 9.17) is 5.11 Å². The summed E-state index contributed by atoms with van der Waals surface area (Å²) in [4.78, 5) is 11.0. The predicted molar refractivity (Wildman–Crippen MR) is 63.8 cm³/mol. The molecule has 2 N–H and O–H groups in total. The number of nitrogens with zero attached hydrogens (tertiary/aromatic N) is 2. The highest BCUT2D eigenvalue weighted by molar-refractivity contribution is 5.88. The van der Waals surface area contributed by atoms with Crippen molar-refractivity contribution in [2.75, 3.05) is 0 Å². The van der Waals surface area contributed by atoms with E-state index in [1.54, 1.807) is 11.7 Å². The van der Waals surface area contributed by atoms with Gasteiger partial charge >= 0.3 is 5.97 Å². The highest BCUT2D eigenvalue weighted by Crippen LogP contribution is 2.25. The van der Waals surface area contributed by atoms with E-state index in [9.17, 15) is 4.79 Å². The summed E-state index contributed by atoms with van der Waals surface area (Å²) >= 11 is 0. The van der Waals surface area contributed by atoms with Gasteiger partial charge in [0.05, 0.1) is 11.9 Å². The Hall–Kier alpha value is -1.36. The standard InChI is InChI=1S/C12H19N3O2/c1-8-4-3-5-10(8)13-7-11-9(12(16)17)6-14-15(11)2/h6,8,10,13H,3-5,7H2,1-2H3,(H,16,17). The Balaban J connectivity index is 2.03. The van der Waals surface area contributed by atoms with Crippen molar-refractivity contribution >= 4 is 5.97 Å². The van der Waals surface area contributed by atoms with Crippen molar-refractivity contribution < 1.29 is 9.90 Å². The van der Waals surface area contributed by atoms with Crippen LogP contribution < -0.4 is 5.32 Å². The van der Waals surface area contributed by atoms with Crippen LogP contribution in [-0.2, 0) is 13.6 Å². The SMILES string of the molecule is CC1CCCC1NCc1c(C(=O)O)cnn1C. The second kappa shape index (κ2) is 4.87. The van der Waals surface area contributed by atoms with Gasteiger partial charge in [0.1, 0.15) is 5.56 Å². The number of hydrogen-bond acceptors (Lipinski definition) is 3. The first-order valence-corrected chi connectivity index (χ1v) is 6.07. The number of rotatable bonds is 4. The Morgan fingerprint density at radius 3 is 3.00 bits per heavy atom. The molecule has 2 rings (SSSR count). The third-order valence-electron chi connectivity index (χ3n) is 3.69. The average molecular weight is 237 g/mol. The van der Waals surface area contributed by atoms with Gasteiger partial charge in [-0.05, 0) is 18.8 Å². The molecule has 2 atom stereocenters. The Morgan fingerprint density at radius 1 is 1.65 bits per heavy atom. The summed E-state index contributed by atoms with van der Waals surface area (Å²) in [5.41, 5.74) is 1.04. The highest BCUT2D eigenvalue weighted by Gasteiger charge is 2.24. The number of carboxylic acids is 1. The summed E-state index contributed by atoms with van der Waals surface area (Å²) in [6.45, 7) is 2.82. The maximum Gasteiger partial charge on any atom is 0.339 e. The fraction of sp³-hybridized carbons (Fsp3) is 0.667. The molecule has 1 fully saturated rings. The lowest BCUT2D eigenvalue weighted by molar-refractivity contribution is 0.0695. The van der Waals surface area contributed by atoms with Crippen molar-refractivity contribution in [3.63, 3.8) is 0 Å². The van der Waals surface area contributed by atoms with E-state index in [1.807, 2.05) is 0 Å². The van der Waals surface area contributed by atoms with Crippen molar-refractivity contribution in [3.8, 4) is 0 Å². The smallest absolute Gasteiger partial charge is 0.339 e. The van der Waals surface area contributed by atoms with Gasteiger partial charge in [0.15, 0.2) is 0 Å². The second-order valence-electron chi connectivity index (χ2n) is 4.83. The van der Waals surface area contributed by atoms with E-state index >= 15 is 0 Å². The summed E-state index contributed by atoms with van der Waals surface area (Å²) < 4.78 is 1.63. The largest absolute Gasteiger partial charge is 0.478 e. The normalized spacial score (nSPS) is 24.1. The monoisotopic (exact) mass is 237 g/mol. The van der Waals surface area contributed by atoms with E-state index in [0.29, 0.717) is 24.1 Å². The van der Waals surface area contributed by atoms with Gasteiger partial charge in [-0.1, -0.05) is 13.3 Å². The molecule has 1 aromatic rings. The third-order valence-corrected chi connectivity index (χ3v) is 3.69. The van der Waals surface area contributed by atoms with E-state index in [0.717, 1.165) is 5.69 Å². The quantitative estimate of drug-likeness (QED) is 0.830. The van der Waals surface area contributed by atoms with Crippen molar-refractivity contribution in [1.82, 2.24) is 15.1 Å². The van der Waals surface area contributed by atoms with Gasteiger partial charge in [0, 0.05) is 19.6 Å². The first kappa shape index (κ1) is 12.1. The molecule has 17 heavy (non-hydrogen) atoms. The van der Waals surface area contributed by atoms with Crippen LogP contribution in [0.4, 0.5) is 0 Å². The molecule has 0 radical (unpaired) electrons. The molecule has 0 spiro atoms. The van der Waals surface area contributed by atoms with Crippen molar-refractivity contribution in [2.45, 2.75) is 38.8 Å². The molecule has 1 saturated carbocycles. The molecule has 5 heteroatoms. The van der Waals surface area contributed by atoms with E-state index in [2.05, 4.69) is 17.3 Å². The number of carbonyl (C=O) groups is 1. The minimum absolute atomic E-state index is 0.297. The lowest BCUT2D eigenvalue weighted by atomic mass is 10.1. The first-order valence-electron chi connectivity index (χ1n) is 6.07. The third kappa shape index (κ3) is 2.49. The van der Waals surface area contributed by atoms with Crippen LogP contribution in [0.3, 0.4) is 0 Å². The van der Waals surface area contributed by atoms with Crippen molar-refractivity contribution in [2.24, 2.45) is 13.0 Å². The number of carboxylic acid groups (broad SMARTS) is 1. The van der Waals surface area contributed by atoms with E-state index < -0.39 is 5.97 Å². The Bertz CT molecular complexity index is 414. The van der Waals surface area contributed by atoms with Crippen LogP contribution in [0, 0.1) is 5.92 Å². The first-order chi connectivity index (χ1) is 8.09. The van der Waals surface area contributed by atoms with Crippen LogP contribution in [0.1, 0.15) is 42.2 Å². The molecule has 0 saturated heterocycles. The van der Waals surface area contributed by atoms with Gasteiger partial charge in [-0.15, -0.1) is 0 Å².